The molecule has 1 heterocycles. The molecular formula is C23H31Cl2N4O2+. The maximum absolute atomic E-state index is 12.9. The van der Waals surface area contributed by atoms with E-state index in [2.05, 4.69) is 29.8 Å². The van der Waals surface area contributed by atoms with Crippen LogP contribution in [0.5, 0.6) is 5.75 Å². The highest BCUT2D eigenvalue weighted by molar-refractivity contribution is 6.42. The summed E-state index contributed by atoms with van der Waals surface area (Å²) in [5.74, 6) is 0.931. The van der Waals surface area contributed by atoms with Crippen molar-refractivity contribution in [1.82, 2.24) is 10.6 Å². The van der Waals surface area contributed by atoms with Crippen LogP contribution in [0.25, 0.3) is 0 Å². The molecule has 1 atom stereocenters. The van der Waals surface area contributed by atoms with E-state index in [1.54, 1.807) is 13.2 Å². The lowest BCUT2D eigenvalue weighted by atomic mass is 10.0. The maximum Gasteiger partial charge on any atom is 0.323 e. The Bertz CT molecular complexity index is 901. The minimum atomic E-state index is -0.225. The third-order valence-corrected chi connectivity index (χ3v) is 6.52. The molecular weight excluding hydrogens is 435 g/mol. The van der Waals surface area contributed by atoms with E-state index in [0.29, 0.717) is 21.5 Å². The van der Waals surface area contributed by atoms with Crippen LogP contribution in [-0.4, -0.2) is 50.0 Å². The molecule has 6 nitrogen and oxygen atoms in total. The first kappa shape index (κ1) is 23.7. The number of nitrogens with one attached hydrogen (secondary N) is 3. The van der Waals surface area contributed by atoms with Gasteiger partial charge in [-0.3, -0.25) is 9.80 Å². The minimum absolute atomic E-state index is 0.0674. The number of carbonyl (C=O) groups excluding carboxylic acids is 1. The average Bonchev–Trinajstić information content (AvgIpc) is 2.75. The number of quaternary nitrogens is 1. The standard InChI is InChI=1S/C23H30Cl2N4O2/c1-16(2)22(28-23(30)27-18-5-4-6-19(14-18)31-3)29(11-9-26-10-12-29)15-17-7-8-20(24)21(25)13-17/h4-8,13-14,16,22,26H,9-12,15H2,1-3H3,(H-,27,28,30)/p+1/t22-/m1/s1. The number of hydrogen-bond donors (Lipinski definition) is 3. The summed E-state index contributed by atoms with van der Waals surface area (Å²) in [6.07, 6.45) is -0.0674. The van der Waals surface area contributed by atoms with E-state index in [9.17, 15) is 4.79 Å². The van der Waals surface area contributed by atoms with Gasteiger partial charge in [0.1, 0.15) is 12.3 Å². The Morgan fingerprint density at radius 3 is 2.52 bits per heavy atom. The van der Waals surface area contributed by atoms with Gasteiger partial charge in [-0.25, -0.2) is 4.79 Å². The Morgan fingerprint density at radius 1 is 1.13 bits per heavy atom. The van der Waals surface area contributed by atoms with Gasteiger partial charge in [0.15, 0.2) is 6.17 Å². The summed E-state index contributed by atoms with van der Waals surface area (Å²) in [6, 6.07) is 12.9. The molecule has 2 aromatic carbocycles. The molecule has 1 saturated heterocycles. The van der Waals surface area contributed by atoms with Crippen LogP contribution < -0.4 is 20.7 Å². The highest BCUT2D eigenvalue weighted by Gasteiger charge is 2.41. The Kier molecular flexibility index (Phi) is 8.06. The number of amides is 2. The first-order chi connectivity index (χ1) is 14.8. The van der Waals surface area contributed by atoms with Crippen LogP contribution in [0.2, 0.25) is 10.0 Å². The van der Waals surface area contributed by atoms with Gasteiger partial charge in [-0.1, -0.05) is 49.2 Å². The first-order valence-corrected chi connectivity index (χ1v) is 11.3. The molecule has 1 fully saturated rings. The molecule has 2 amide bonds. The average molecular weight is 466 g/mol. The Labute approximate surface area is 194 Å². The summed E-state index contributed by atoms with van der Waals surface area (Å²) >= 11 is 12.4. The smallest absolute Gasteiger partial charge is 0.323 e. The molecule has 0 aliphatic carbocycles. The van der Waals surface area contributed by atoms with Crippen molar-refractivity contribution in [1.29, 1.82) is 0 Å². The molecule has 3 N–H and O–H groups in total. The van der Waals surface area contributed by atoms with Crippen LogP contribution in [0.1, 0.15) is 19.4 Å². The van der Waals surface area contributed by atoms with Crippen molar-refractivity contribution in [3.63, 3.8) is 0 Å². The van der Waals surface area contributed by atoms with Crippen molar-refractivity contribution in [3.8, 4) is 5.75 Å². The van der Waals surface area contributed by atoms with E-state index in [0.717, 1.165) is 42.8 Å². The highest BCUT2D eigenvalue weighted by atomic mass is 35.5. The van der Waals surface area contributed by atoms with Gasteiger partial charge >= 0.3 is 6.03 Å². The van der Waals surface area contributed by atoms with Gasteiger partial charge in [-0.2, -0.15) is 0 Å². The Balaban J connectivity index is 1.81. The zero-order valence-corrected chi connectivity index (χ0v) is 19.8. The SMILES string of the molecule is COc1cccc(NC(=O)N[C@@H](C(C)C)[N+]2(Cc3ccc(Cl)c(Cl)c3)CCNCC2)c1. The number of anilines is 1. The van der Waals surface area contributed by atoms with Crippen molar-refractivity contribution in [2.75, 3.05) is 38.6 Å². The van der Waals surface area contributed by atoms with Crippen molar-refractivity contribution in [2.45, 2.75) is 26.6 Å². The molecule has 0 aromatic heterocycles. The normalized spacial score (nSPS) is 16.6. The van der Waals surface area contributed by atoms with Crippen LogP contribution in [-0.2, 0) is 6.54 Å². The van der Waals surface area contributed by atoms with E-state index in [1.165, 1.54) is 0 Å². The molecule has 0 saturated carbocycles. The lowest BCUT2D eigenvalue weighted by molar-refractivity contribution is -0.970. The van der Waals surface area contributed by atoms with E-state index in [4.69, 9.17) is 27.9 Å². The zero-order chi connectivity index (χ0) is 22.4. The molecule has 1 aliphatic heterocycles. The van der Waals surface area contributed by atoms with Crippen molar-refractivity contribution in [3.05, 3.63) is 58.1 Å². The van der Waals surface area contributed by atoms with Crippen molar-refractivity contribution in [2.24, 2.45) is 5.92 Å². The summed E-state index contributed by atoms with van der Waals surface area (Å²) < 4.78 is 5.99. The molecule has 0 unspecified atom stereocenters. The van der Waals surface area contributed by atoms with Gasteiger partial charge < -0.3 is 15.4 Å². The van der Waals surface area contributed by atoms with Crippen LogP contribution >= 0.6 is 23.2 Å². The molecule has 0 bridgehead atoms. The number of carbonyl (C=O) groups is 1. The van der Waals surface area contributed by atoms with Crippen LogP contribution in [0.15, 0.2) is 42.5 Å². The summed E-state index contributed by atoms with van der Waals surface area (Å²) in [6.45, 7) is 8.65. The zero-order valence-electron chi connectivity index (χ0n) is 18.3. The predicted molar refractivity (Wildman–Crippen MR) is 127 cm³/mol. The van der Waals surface area contributed by atoms with Gasteiger partial charge in [0.05, 0.1) is 30.2 Å². The minimum Gasteiger partial charge on any atom is -0.497 e. The molecule has 2 aromatic rings. The monoisotopic (exact) mass is 465 g/mol. The number of halogens is 2. The Morgan fingerprint density at radius 2 is 1.87 bits per heavy atom. The maximum atomic E-state index is 12.9. The van der Waals surface area contributed by atoms with Crippen LogP contribution in [0.4, 0.5) is 10.5 Å². The second-order valence-corrected chi connectivity index (χ2v) is 9.16. The molecule has 168 valence electrons. The summed E-state index contributed by atoms with van der Waals surface area (Å²) in [4.78, 5) is 12.9. The highest BCUT2D eigenvalue weighted by Crippen LogP contribution is 2.28. The molecule has 0 radical (unpaired) electrons. The largest absolute Gasteiger partial charge is 0.497 e. The molecule has 1 aliphatic rings. The number of piperazine rings is 1. The fourth-order valence-electron chi connectivity index (χ4n) is 4.31. The quantitative estimate of drug-likeness (QED) is 0.518. The molecule has 0 spiro atoms. The number of hydrogen-bond acceptors (Lipinski definition) is 3. The van der Waals surface area contributed by atoms with Gasteiger partial charge in [-0.15, -0.1) is 0 Å². The molecule has 31 heavy (non-hydrogen) atoms. The number of methoxy groups -OCH3 is 1. The van der Waals surface area contributed by atoms with Gasteiger partial charge in [0, 0.05) is 36.3 Å². The summed E-state index contributed by atoms with van der Waals surface area (Å²) in [5, 5.41) is 10.7. The number of urea groups is 1. The van der Waals surface area contributed by atoms with E-state index in [1.807, 2.05) is 36.4 Å². The number of ether oxygens (including phenoxy) is 1. The van der Waals surface area contributed by atoms with Gasteiger partial charge in [0.25, 0.3) is 0 Å². The summed E-state index contributed by atoms with van der Waals surface area (Å²) in [5.41, 5.74) is 1.80. The Hall–Kier alpha value is -1.99. The molecule has 3 rings (SSSR count). The third kappa shape index (κ3) is 6.04. The lowest BCUT2D eigenvalue weighted by Crippen LogP contribution is -2.69. The number of rotatable bonds is 7. The fraction of sp³-hybridized carbons (Fsp3) is 0.435. The van der Waals surface area contributed by atoms with E-state index in [-0.39, 0.29) is 18.1 Å². The van der Waals surface area contributed by atoms with Crippen molar-refractivity contribution < 1.29 is 14.0 Å². The van der Waals surface area contributed by atoms with E-state index >= 15 is 0 Å². The first-order valence-electron chi connectivity index (χ1n) is 10.5. The number of nitrogens with zero attached hydrogens (tertiary/aromatic N) is 1. The second-order valence-electron chi connectivity index (χ2n) is 8.34. The van der Waals surface area contributed by atoms with Crippen molar-refractivity contribution >= 4 is 34.9 Å². The predicted octanol–water partition coefficient (Wildman–Crippen LogP) is 4.73. The summed E-state index contributed by atoms with van der Waals surface area (Å²) in [7, 11) is 1.61. The topological polar surface area (TPSA) is 62.4 Å². The van der Waals surface area contributed by atoms with Crippen LogP contribution in [0, 0.1) is 5.92 Å². The fourth-order valence-corrected chi connectivity index (χ4v) is 4.64. The third-order valence-electron chi connectivity index (χ3n) is 5.78. The van der Waals surface area contributed by atoms with Gasteiger partial charge in [-0.05, 0) is 24.3 Å². The van der Waals surface area contributed by atoms with Crippen LogP contribution in [0.3, 0.4) is 0 Å². The second kappa shape index (κ2) is 10.6. The molecule has 8 heteroatoms. The number of benzene rings is 2. The van der Waals surface area contributed by atoms with Gasteiger partial charge in [0.2, 0.25) is 0 Å². The lowest BCUT2D eigenvalue weighted by Gasteiger charge is -2.48. The van der Waals surface area contributed by atoms with E-state index < -0.39 is 0 Å².